The van der Waals surface area contributed by atoms with Gasteiger partial charge in [0.05, 0.1) is 17.6 Å². The summed E-state index contributed by atoms with van der Waals surface area (Å²) in [6.07, 6.45) is 4.52. The Morgan fingerprint density at radius 2 is 2.15 bits per heavy atom. The van der Waals surface area contributed by atoms with Crippen LogP contribution in [0.1, 0.15) is 52.3 Å². The van der Waals surface area contributed by atoms with Crippen LogP contribution in [0.2, 0.25) is 0 Å². The van der Waals surface area contributed by atoms with Crippen LogP contribution in [0.25, 0.3) is 0 Å². The number of hydrogen-bond acceptors (Lipinski definition) is 3. The first-order chi connectivity index (χ1) is 9.61. The van der Waals surface area contributed by atoms with Crippen molar-refractivity contribution in [1.82, 2.24) is 10.3 Å². The summed E-state index contributed by atoms with van der Waals surface area (Å²) >= 11 is 0. The normalized spacial score (nSPS) is 20.6. The SMILES string of the molecule is CCCNC(C)c1ccc(N2CCC(C(C)C)C2)cn1. The standard InChI is InChI=1S/C17H29N3/c1-5-9-18-14(4)17-7-6-16(11-19-17)20-10-8-15(12-20)13(2)3/h6-7,11,13-15,18H,5,8-10,12H2,1-4H3. The summed E-state index contributed by atoms with van der Waals surface area (Å²) in [6, 6.07) is 4.74. The Bertz CT molecular complexity index is 399. The molecule has 0 spiro atoms. The average molecular weight is 275 g/mol. The van der Waals surface area contributed by atoms with Gasteiger partial charge in [-0.15, -0.1) is 0 Å². The van der Waals surface area contributed by atoms with E-state index in [1.807, 2.05) is 6.20 Å². The van der Waals surface area contributed by atoms with E-state index in [0.717, 1.165) is 30.5 Å². The fraction of sp³-hybridized carbons (Fsp3) is 0.706. The Labute approximate surface area is 123 Å². The Morgan fingerprint density at radius 3 is 2.70 bits per heavy atom. The minimum atomic E-state index is 0.339. The van der Waals surface area contributed by atoms with E-state index in [1.54, 1.807) is 0 Å². The zero-order chi connectivity index (χ0) is 14.5. The maximum atomic E-state index is 4.64. The molecule has 1 aromatic rings. The van der Waals surface area contributed by atoms with Gasteiger partial charge in [-0.25, -0.2) is 0 Å². The van der Waals surface area contributed by atoms with E-state index in [0.29, 0.717) is 6.04 Å². The van der Waals surface area contributed by atoms with Crippen molar-refractivity contribution in [2.75, 3.05) is 24.5 Å². The summed E-state index contributed by atoms with van der Waals surface area (Å²) < 4.78 is 0. The van der Waals surface area contributed by atoms with Crippen LogP contribution in [0.4, 0.5) is 5.69 Å². The van der Waals surface area contributed by atoms with E-state index in [1.165, 1.54) is 25.2 Å². The number of pyridine rings is 1. The highest BCUT2D eigenvalue weighted by molar-refractivity contribution is 5.45. The number of nitrogens with zero attached hydrogens (tertiary/aromatic N) is 2. The smallest absolute Gasteiger partial charge is 0.0572 e. The molecular weight excluding hydrogens is 246 g/mol. The highest BCUT2D eigenvalue weighted by Crippen LogP contribution is 2.28. The molecular formula is C17H29N3. The minimum absolute atomic E-state index is 0.339. The lowest BCUT2D eigenvalue weighted by molar-refractivity contribution is 0.423. The lowest BCUT2D eigenvalue weighted by Gasteiger charge is -2.20. The van der Waals surface area contributed by atoms with Gasteiger partial charge in [0.1, 0.15) is 0 Å². The fourth-order valence-electron chi connectivity index (χ4n) is 2.87. The maximum absolute atomic E-state index is 4.64. The number of rotatable bonds is 6. The van der Waals surface area contributed by atoms with Gasteiger partial charge in [0.25, 0.3) is 0 Å². The predicted octanol–water partition coefficient (Wildman–Crippen LogP) is 3.62. The van der Waals surface area contributed by atoms with Crippen molar-refractivity contribution in [3.05, 3.63) is 24.0 Å². The monoisotopic (exact) mass is 275 g/mol. The second kappa shape index (κ2) is 7.07. The lowest BCUT2D eigenvalue weighted by atomic mass is 9.95. The van der Waals surface area contributed by atoms with Crippen molar-refractivity contribution in [1.29, 1.82) is 0 Å². The van der Waals surface area contributed by atoms with Crippen molar-refractivity contribution >= 4 is 5.69 Å². The first-order valence-corrected chi connectivity index (χ1v) is 8.06. The Kier molecular flexibility index (Phi) is 5.41. The molecule has 2 heterocycles. The van der Waals surface area contributed by atoms with E-state index in [-0.39, 0.29) is 0 Å². The van der Waals surface area contributed by atoms with Crippen molar-refractivity contribution in [2.45, 2.75) is 46.6 Å². The molecule has 3 nitrogen and oxygen atoms in total. The van der Waals surface area contributed by atoms with E-state index in [9.17, 15) is 0 Å². The Morgan fingerprint density at radius 1 is 1.35 bits per heavy atom. The van der Waals surface area contributed by atoms with Crippen molar-refractivity contribution < 1.29 is 0 Å². The summed E-state index contributed by atoms with van der Waals surface area (Å²) in [5.74, 6) is 1.62. The molecule has 1 N–H and O–H groups in total. The predicted molar refractivity (Wildman–Crippen MR) is 86.1 cm³/mol. The highest BCUT2D eigenvalue weighted by Gasteiger charge is 2.25. The molecule has 2 rings (SSSR count). The van der Waals surface area contributed by atoms with Gasteiger partial charge in [-0.05, 0) is 50.3 Å². The molecule has 1 fully saturated rings. The summed E-state index contributed by atoms with van der Waals surface area (Å²) in [6.45, 7) is 12.4. The average Bonchev–Trinajstić information content (AvgIpc) is 2.95. The van der Waals surface area contributed by atoms with Crippen LogP contribution in [0.15, 0.2) is 18.3 Å². The summed E-state index contributed by atoms with van der Waals surface area (Å²) in [5, 5.41) is 3.48. The van der Waals surface area contributed by atoms with Crippen LogP contribution < -0.4 is 10.2 Å². The van der Waals surface area contributed by atoms with Gasteiger partial charge in [-0.1, -0.05) is 20.8 Å². The topological polar surface area (TPSA) is 28.2 Å². The van der Waals surface area contributed by atoms with Crippen LogP contribution in [0, 0.1) is 11.8 Å². The second-order valence-electron chi connectivity index (χ2n) is 6.36. The molecule has 0 aliphatic carbocycles. The molecule has 20 heavy (non-hydrogen) atoms. The lowest BCUT2D eigenvalue weighted by Crippen LogP contribution is -2.22. The van der Waals surface area contributed by atoms with E-state index < -0.39 is 0 Å². The molecule has 0 radical (unpaired) electrons. The first-order valence-electron chi connectivity index (χ1n) is 8.06. The third-order valence-electron chi connectivity index (χ3n) is 4.45. The van der Waals surface area contributed by atoms with Gasteiger partial charge in [0, 0.05) is 19.1 Å². The summed E-state index contributed by atoms with van der Waals surface area (Å²) in [7, 11) is 0. The molecule has 0 saturated carbocycles. The number of aromatic nitrogens is 1. The van der Waals surface area contributed by atoms with Gasteiger partial charge in [0.2, 0.25) is 0 Å². The molecule has 2 unspecified atom stereocenters. The molecule has 0 bridgehead atoms. The minimum Gasteiger partial charge on any atom is -0.370 e. The Hall–Kier alpha value is -1.09. The zero-order valence-corrected chi connectivity index (χ0v) is 13.4. The van der Waals surface area contributed by atoms with Gasteiger partial charge in [-0.2, -0.15) is 0 Å². The van der Waals surface area contributed by atoms with Gasteiger partial charge < -0.3 is 10.2 Å². The molecule has 3 heteroatoms. The molecule has 1 saturated heterocycles. The van der Waals surface area contributed by atoms with Crippen LogP contribution in [0.5, 0.6) is 0 Å². The number of nitrogens with one attached hydrogen (secondary N) is 1. The van der Waals surface area contributed by atoms with E-state index >= 15 is 0 Å². The second-order valence-corrected chi connectivity index (χ2v) is 6.36. The molecule has 1 aromatic heterocycles. The number of anilines is 1. The van der Waals surface area contributed by atoms with E-state index in [2.05, 4.69) is 55.0 Å². The summed E-state index contributed by atoms with van der Waals surface area (Å²) in [5.41, 5.74) is 2.42. The highest BCUT2D eigenvalue weighted by atomic mass is 15.2. The van der Waals surface area contributed by atoms with Gasteiger partial charge in [0.15, 0.2) is 0 Å². The third-order valence-corrected chi connectivity index (χ3v) is 4.45. The third kappa shape index (κ3) is 3.72. The van der Waals surface area contributed by atoms with Crippen LogP contribution in [-0.4, -0.2) is 24.6 Å². The van der Waals surface area contributed by atoms with Crippen molar-refractivity contribution in [3.63, 3.8) is 0 Å². The van der Waals surface area contributed by atoms with Crippen molar-refractivity contribution in [3.8, 4) is 0 Å². The zero-order valence-electron chi connectivity index (χ0n) is 13.4. The molecule has 0 amide bonds. The number of hydrogen-bond donors (Lipinski definition) is 1. The van der Waals surface area contributed by atoms with Crippen molar-refractivity contribution in [2.24, 2.45) is 11.8 Å². The first kappa shape index (κ1) is 15.3. The maximum Gasteiger partial charge on any atom is 0.0572 e. The molecule has 0 aromatic carbocycles. The Balaban J connectivity index is 1.95. The van der Waals surface area contributed by atoms with Gasteiger partial charge >= 0.3 is 0 Å². The van der Waals surface area contributed by atoms with Gasteiger partial charge in [-0.3, -0.25) is 4.98 Å². The van der Waals surface area contributed by atoms with E-state index in [4.69, 9.17) is 0 Å². The summed E-state index contributed by atoms with van der Waals surface area (Å²) in [4.78, 5) is 7.12. The van der Waals surface area contributed by atoms with Crippen LogP contribution >= 0.6 is 0 Å². The molecule has 2 atom stereocenters. The molecule has 112 valence electrons. The largest absolute Gasteiger partial charge is 0.370 e. The fourth-order valence-corrected chi connectivity index (χ4v) is 2.87. The van der Waals surface area contributed by atoms with Crippen LogP contribution in [0.3, 0.4) is 0 Å². The van der Waals surface area contributed by atoms with Crippen LogP contribution in [-0.2, 0) is 0 Å². The quantitative estimate of drug-likeness (QED) is 0.859. The molecule has 1 aliphatic heterocycles. The molecule has 1 aliphatic rings.